The number of halogens is 1. The summed E-state index contributed by atoms with van der Waals surface area (Å²) in [6.45, 7) is 4.48. The van der Waals surface area contributed by atoms with Crippen LogP contribution in [0.4, 0.5) is 0 Å². The van der Waals surface area contributed by atoms with Gasteiger partial charge in [-0.2, -0.15) is 0 Å². The normalized spacial score (nSPS) is 22.1. The van der Waals surface area contributed by atoms with Crippen molar-refractivity contribution in [2.45, 2.75) is 57.2 Å². The predicted octanol–water partition coefficient (Wildman–Crippen LogP) is 5.96. The van der Waals surface area contributed by atoms with E-state index in [0.29, 0.717) is 4.83 Å². The Kier molecular flexibility index (Phi) is 4.03. The van der Waals surface area contributed by atoms with E-state index in [-0.39, 0.29) is 0 Å². The first kappa shape index (κ1) is 13.7. The van der Waals surface area contributed by atoms with Gasteiger partial charge in [0.15, 0.2) is 0 Å². The van der Waals surface area contributed by atoms with Crippen molar-refractivity contribution in [1.29, 1.82) is 0 Å². The van der Waals surface area contributed by atoms with Gasteiger partial charge in [-0.1, -0.05) is 78.2 Å². The maximum Gasteiger partial charge on any atom is 0.0431 e. The Labute approximate surface area is 126 Å². The first-order chi connectivity index (χ1) is 9.16. The number of alkyl halides is 1. The van der Waals surface area contributed by atoms with Gasteiger partial charge in [-0.25, -0.2) is 0 Å². The Hall–Kier alpha value is -0.300. The molecule has 1 heteroatoms. The largest absolute Gasteiger partial charge is 0.0835 e. The van der Waals surface area contributed by atoms with Gasteiger partial charge in [0.1, 0.15) is 0 Å². The Morgan fingerprint density at radius 3 is 2.05 bits per heavy atom. The molecule has 1 aromatic carbocycles. The third-order valence-corrected chi connectivity index (χ3v) is 6.56. The van der Waals surface area contributed by atoms with E-state index >= 15 is 0 Å². The van der Waals surface area contributed by atoms with Crippen molar-refractivity contribution in [1.82, 2.24) is 0 Å². The lowest BCUT2D eigenvalue weighted by molar-refractivity contribution is 0.0918. The quantitative estimate of drug-likeness (QED) is 0.601. The number of aryl methyl sites for hydroxylation is 2. The third kappa shape index (κ3) is 2.63. The highest BCUT2D eigenvalue weighted by molar-refractivity contribution is 9.09. The summed E-state index contributed by atoms with van der Waals surface area (Å²) in [6.07, 6.45) is 8.78. The first-order valence-corrected chi connectivity index (χ1v) is 8.79. The van der Waals surface area contributed by atoms with E-state index in [9.17, 15) is 0 Å². The average molecular weight is 321 g/mol. The minimum absolute atomic E-state index is 0.572. The summed E-state index contributed by atoms with van der Waals surface area (Å²) < 4.78 is 0. The summed E-state index contributed by atoms with van der Waals surface area (Å²) >= 11 is 4.09. The van der Waals surface area contributed by atoms with Crippen LogP contribution in [0, 0.1) is 31.6 Å². The fourth-order valence-electron chi connectivity index (χ4n) is 3.78. The highest BCUT2D eigenvalue weighted by Crippen LogP contribution is 2.52. The van der Waals surface area contributed by atoms with Gasteiger partial charge in [0, 0.05) is 4.83 Å². The molecule has 0 spiro atoms. The molecule has 0 aliphatic heterocycles. The Bertz CT molecular complexity index is 429. The molecule has 19 heavy (non-hydrogen) atoms. The maximum absolute atomic E-state index is 4.09. The second-order valence-electron chi connectivity index (χ2n) is 6.72. The number of hydrogen-bond donors (Lipinski definition) is 0. The van der Waals surface area contributed by atoms with Crippen molar-refractivity contribution in [3.05, 3.63) is 34.9 Å². The molecule has 2 fully saturated rings. The molecule has 3 rings (SSSR count). The van der Waals surface area contributed by atoms with Gasteiger partial charge in [-0.3, -0.25) is 0 Å². The van der Waals surface area contributed by atoms with Crippen molar-refractivity contribution in [3.8, 4) is 0 Å². The molecule has 0 heterocycles. The minimum atomic E-state index is 0.572. The summed E-state index contributed by atoms with van der Waals surface area (Å²) in [6, 6.07) is 6.93. The smallest absolute Gasteiger partial charge is 0.0431 e. The molecule has 2 aliphatic rings. The zero-order chi connectivity index (χ0) is 13.4. The van der Waals surface area contributed by atoms with Crippen molar-refractivity contribution < 1.29 is 0 Å². The minimum Gasteiger partial charge on any atom is -0.0835 e. The summed E-state index contributed by atoms with van der Waals surface area (Å²) in [5.74, 6) is 2.84. The van der Waals surface area contributed by atoms with Gasteiger partial charge < -0.3 is 0 Å². The van der Waals surface area contributed by atoms with Crippen LogP contribution in [0.25, 0.3) is 0 Å². The van der Waals surface area contributed by atoms with E-state index in [0.717, 1.165) is 17.8 Å². The molecular formula is C18H25Br. The van der Waals surface area contributed by atoms with Crippen LogP contribution in [0.5, 0.6) is 0 Å². The molecule has 1 atom stereocenters. The molecule has 0 saturated heterocycles. The van der Waals surface area contributed by atoms with Gasteiger partial charge >= 0.3 is 0 Å². The van der Waals surface area contributed by atoms with Gasteiger partial charge in [0.25, 0.3) is 0 Å². The summed E-state index contributed by atoms with van der Waals surface area (Å²) in [4.78, 5) is 0.572. The molecule has 0 radical (unpaired) electrons. The highest BCUT2D eigenvalue weighted by Gasteiger charge is 2.40. The molecule has 2 aliphatic carbocycles. The molecule has 1 aromatic rings. The number of hydrogen-bond acceptors (Lipinski definition) is 0. The van der Waals surface area contributed by atoms with Crippen LogP contribution in [0.15, 0.2) is 18.2 Å². The lowest BCUT2D eigenvalue weighted by Gasteiger charge is -2.45. The van der Waals surface area contributed by atoms with Gasteiger partial charge in [0.2, 0.25) is 0 Å². The Morgan fingerprint density at radius 1 is 1.00 bits per heavy atom. The Balaban J connectivity index is 1.86. The van der Waals surface area contributed by atoms with E-state index in [1.165, 1.54) is 49.7 Å². The van der Waals surface area contributed by atoms with Crippen LogP contribution < -0.4 is 0 Å². The molecule has 0 nitrogen and oxygen atoms in total. The van der Waals surface area contributed by atoms with E-state index in [1.807, 2.05) is 0 Å². The van der Waals surface area contributed by atoms with Crippen molar-refractivity contribution in [3.63, 3.8) is 0 Å². The molecule has 104 valence electrons. The van der Waals surface area contributed by atoms with Crippen LogP contribution in [0.1, 0.15) is 60.0 Å². The second-order valence-corrected chi connectivity index (χ2v) is 7.71. The summed E-state index contributed by atoms with van der Waals surface area (Å²) in [5, 5.41) is 0. The Morgan fingerprint density at radius 2 is 1.58 bits per heavy atom. The highest BCUT2D eigenvalue weighted by atomic mass is 79.9. The first-order valence-electron chi connectivity index (χ1n) is 7.88. The van der Waals surface area contributed by atoms with Crippen LogP contribution in [0.3, 0.4) is 0 Å². The van der Waals surface area contributed by atoms with Gasteiger partial charge in [0.05, 0.1) is 0 Å². The SMILES string of the molecule is Cc1ccc(C)c(C(Br)C(C2CCC2)C2CCC2)c1. The summed E-state index contributed by atoms with van der Waals surface area (Å²) in [7, 11) is 0. The van der Waals surface area contributed by atoms with Gasteiger partial charge in [-0.05, 0) is 42.7 Å². The number of benzene rings is 1. The lowest BCUT2D eigenvalue weighted by atomic mass is 9.62. The zero-order valence-electron chi connectivity index (χ0n) is 12.2. The van der Waals surface area contributed by atoms with Crippen molar-refractivity contribution in [2.75, 3.05) is 0 Å². The molecule has 0 N–H and O–H groups in total. The van der Waals surface area contributed by atoms with Gasteiger partial charge in [-0.15, -0.1) is 0 Å². The molecule has 1 unspecified atom stereocenters. The fourth-order valence-corrected chi connectivity index (χ4v) is 5.13. The van der Waals surface area contributed by atoms with Crippen molar-refractivity contribution >= 4 is 15.9 Å². The number of rotatable bonds is 4. The van der Waals surface area contributed by atoms with Crippen LogP contribution in [-0.4, -0.2) is 0 Å². The van der Waals surface area contributed by atoms with Crippen LogP contribution in [-0.2, 0) is 0 Å². The standard InChI is InChI=1S/C18H25Br/c1-12-9-10-13(2)16(11-12)18(19)17(14-5-3-6-14)15-7-4-8-15/h9-11,14-15,17-18H,3-8H2,1-2H3. The van der Waals surface area contributed by atoms with Crippen molar-refractivity contribution in [2.24, 2.45) is 17.8 Å². The third-order valence-electron chi connectivity index (χ3n) is 5.46. The topological polar surface area (TPSA) is 0 Å². The van der Waals surface area contributed by atoms with E-state index in [1.54, 1.807) is 5.56 Å². The fraction of sp³-hybridized carbons (Fsp3) is 0.667. The molecule has 2 saturated carbocycles. The second kappa shape index (κ2) is 5.60. The van der Waals surface area contributed by atoms with E-state index in [4.69, 9.17) is 0 Å². The average Bonchev–Trinajstić information content (AvgIpc) is 2.26. The lowest BCUT2D eigenvalue weighted by Crippen LogP contribution is -2.35. The molecular weight excluding hydrogens is 296 g/mol. The maximum atomic E-state index is 4.09. The van der Waals surface area contributed by atoms with E-state index in [2.05, 4.69) is 48.0 Å². The monoisotopic (exact) mass is 320 g/mol. The molecule has 0 bridgehead atoms. The zero-order valence-corrected chi connectivity index (χ0v) is 13.7. The predicted molar refractivity (Wildman–Crippen MR) is 85.8 cm³/mol. The molecule has 0 amide bonds. The summed E-state index contributed by atoms with van der Waals surface area (Å²) in [5.41, 5.74) is 4.39. The molecule has 0 aromatic heterocycles. The van der Waals surface area contributed by atoms with Crippen LogP contribution in [0.2, 0.25) is 0 Å². The van der Waals surface area contributed by atoms with E-state index < -0.39 is 0 Å². The van der Waals surface area contributed by atoms with Crippen LogP contribution >= 0.6 is 15.9 Å².